The van der Waals surface area contributed by atoms with Gasteiger partial charge < -0.3 is 5.73 Å². The zero-order chi connectivity index (χ0) is 12.7. The summed E-state index contributed by atoms with van der Waals surface area (Å²) in [5, 5.41) is 1.09. The molecular weight excluding hydrogens is 308 g/mol. The summed E-state index contributed by atoms with van der Waals surface area (Å²) < 4.78 is 1.09. The minimum atomic E-state index is 0.137. The Labute approximate surface area is 119 Å². The Balaban J connectivity index is 1.94. The van der Waals surface area contributed by atoms with Gasteiger partial charge >= 0.3 is 0 Å². The second-order valence-corrected chi connectivity index (χ2v) is 6.98. The molecule has 3 rings (SSSR count). The first-order valence-electron chi connectivity index (χ1n) is 6.14. The van der Waals surface area contributed by atoms with Gasteiger partial charge in [-0.3, -0.25) is 0 Å². The summed E-state index contributed by atoms with van der Waals surface area (Å²) in [7, 11) is 0. The average molecular weight is 323 g/mol. The van der Waals surface area contributed by atoms with E-state index in [0.29, 0.717) is 5.92 Å². The SMILES string of the molecule is Cc1sc(C(N)C2CC2)nc1-c1ccc(Br)cc1. The highest BCUT2D eigenvalue weighted by molar-refractivity contribution is 9.10. The van der Waals surface area contributed by atoms with Gasteiger partial charge in [0.1, 0.15) is 5.01 Å². The van der Waals surface area contributed by atoms with Gasteiger partial charge in [-0.1, -0.05) is 28.1 Å². The van der Waals surface area contributed by atoms with Gasteiger partial charge in [0.15, 0.2) is 0 Å². The molecule has 2 nitrogen and oxygen atoms in total. The highest BCUT2D eigenvalue weighted by Crippen LogP contribution is 2.42. The molecule has 1 aromatic carbocycles. The zero-order valence-corrected chi connectivity index (χ0v) is 12.6. The Morgan fingerprint density at radius 3 is 2.61 bits per heavy atom. The van der Waals surface area contributed by atoms with E-state index < -0.39 is 0 Å². The number of hydrogen-bond acceptors (Lipinski definition) is 3. The van der Waals surface area contributed by atoms with Gasteiger partial charge in [-0.25, -0.2) is 4.98 Å². The largest absolute Gasteiger partial charge is 0.322 e. The van der Waals surface area contributed by atoms with Crippen LogP contribution in [-0.2, 0) is 0 Å². The van der Waals surface area contributed by atoms with Crippen LogP contribution in [0.2, 0.25) is 0 Å². The standard InChI is InChI=1S/C14H15BrN2S/c1-8-13(10-4-6-11(15)7-5-10)17-14(18-8)12(16)9-2-3-9/h4-7,9,12H,2-3,16H2,1H3. The molecular formula is C14H15BrN2S. The van der Waals surface area contributed by atoms with Crippen molar-refractivity contribution in [3.05, 3.63) is 38.6 Å². The summed E-state index contributed by atoms with van der Waals surface area (Å²) in [6, 6.07) is 8.43. The van der Waals surface area contributed by atoms with Gasteiger partial charge in [-0.05, 0) is 37.8 Å². The fourth-order valence-corrected chi connectivity index (χ4v) is 3.40. The Kier molecular flexibility index (Phi) is 3.26. The maximum Gasteiger partial charge on any atom is 0.111 e. The third-order valence-electron chi connectivity index (χ3n) is 3.35. The minimum Gasteiger partial charge on any atom is -0.322 e. The van der Waals surface area contributed by atoms with Crippen LogP contribution in [-0.4, -0.2) is 4.98 Å². The molecule has 1 aromatic heterocycles. The van der Waals surface area contributed by atoms with Crippen molar-refractivity contribution in [2.24, 2.45) is 11.7 Å². The van der Waals surface area contributed by atoms with E-state index in [4.69, 9.17) is 10.7 Å². The van der Waals surface area contributed by atoms with Crippen molar-refractivity contribution in [3.8, 4) is 11.3 Å². The summed E-state index contributed by atoms with van der Waals surface area (Å²) in [6.07, 6.45) is 2.51. The summed E-state index contributed by atoms with van der Waals surface area (Å²) in [4.78, 5) is 6.00. The molecule has 0 aliphatic heterocycles. The van der Waals surface area contributed by atoms with Crippen molar-refractivity contribution < 1.29 is 0 Å². The lowest BCUT2D eigenvalue weighted by Gasteiger charge is -2.04. The first-order chi connectivity index (χ1) is 8.65. The topological polar surface area (TPSA) is 38.9 Å². The van der Waals surface area contributed by atoms with Crippen LogP contribution >= 0.6 is 27.3 Å². The Hall–Kier alpha value is -0.710. The molecule has 1 fully saturated rings. The van der Waals surface area contributed by atoms with Crippen molar-refractivity contribution in [1.29, 1.82) is 0 Å². The van der Waals surface area contributed by atoms with E-state index in [1.54, 1.807) is 11.3 Å². The number of thiazole rings is 1. The monoisotopic (exact) mass is 322 g/mol. The van der Waals surface area contributed by atoms with Gasteiger partial charge in [0.05, 0.1) is 11.7 Å². The predicted molar refractivity (Wildman–Crippen MR) is 79.6 cm³/mol. The van der Waals surface area contributed by atoms with Crippen molar-refractivity contribution in [2.45, 2.75) is 25.8 Å². The molecule has 4 heteroatoms. The smallest absolute Gasteiger partial charge is 0.111 e. The average Bonchev–Trinajstić information content (AvgIpc) is 3.13. The molecule has 0 radical (unpaired) electrons. The maximum absolute atomic E-state index is 6.23. The van der Waals surface area contributed by atoms with E-state index in [9.17, 15) is 0 Å². The van der Waals surface area contributed by atoms with E-state index in [0.717, 1.165) is 15.2 Å². The van der Waals surface area contributed by atoms with Crippen LogP contribution in [0.3, 0.4) is 0 Å². The summed E-state index contributed by atoms with van der Waals surface area (Å²) in [5.74, 6) is 0.660. The van der Waals surface area contributed by atoms with Gasteiger partial charge in [-0.15, -0.1) is 11.3 Å². The number of benzene rings is 1. The maximum atomic E-state index is 6.23. The molecule has 1 heterocycles. The van der Waals surface area contributed by atoms with E-state index >= 15 is 0 Å². The number of halogens is 1. The molecule has 0 saturated heterocycles. The lowest BCUT2D eigenvalue weighted by Crippen LogP contribution is -2.11. The quantitative estimate of drug-likeness (QED) is 0.915. The third-order valence-corrected chi connectivity index (χ3v) is 4.95. The fourth-order valence-electron chi connectivity index (χ4n) is 2.09. The summed E-state index contributed by atoms with van der Waals surface area (Å²) in [5.41, 5.74) is 8.47. The van der Waals surface area contributed by atoms with E-state index in [2.05, 4.69) is 47.1 Å². The number of hydrogen-bond donors (Lipinski definition) is 1. The zero-order valence-electron chi connectivity index (χ0n) is 10.2. The fraction of sp³-hybridized carbons (Fsp3) is 0.357. The lowest BCUT2D eigenvalue weighted by molar-refractivity contribution is 0.629. The normalized spacial score (nSPS) is 16.8. The van der Waals surface area contributed by atoms with Crippen LogP contribution in [0.15, 0.2) is 28.7 Å². The molecule has 1 aliphatic rings. The molecule has 2 N–H and O–H groups in total. The number of nitrogens with zero attached hydrogens (tertiary/aromatic N) is 1. The molecule has 0 spiro atoms. The second-order valence-electron chi connectivity index (χ2n) is 4.83. The van der Waals surface area contributed by atoms with Gasteiger partial charge in [0, 0.05) is 14.9 Å². The van der Waals surface area contributed by atoms with Crippen molar-refractivity contribution >= 4 is 27.3 Å². The molecule has 0 bridgehead atoms. The summed E-state index contributed by atoms with van der Waals surface area (Å²) in [6.45, 7) is 2.12. The summed E-state index contributed by atoms with van der Waals surface area (Å²) >= 11 is 5.20. The van der Waals surface area contributed by atoms with Crippen LogP contribution in [0.5, 0.6) is 0 Å². The van der Waals surface area contributed by atoms with E-state index in [1.807, 2.05) is 0 Å². The molecule has 1 unspecified atom stereocenters. The molecule has 1 atom stereocenters. The molecule has 2 aromatic rings. The Bertz CT molecular complexity index is 558. The highest BCUT2D eigenvalue weighted by atomic mass is 79.9. The van der Waals surface area contributed by atoms with Crippen LogP contribution in [0.1, 0.15) is 28.8 Å². The molecule has 0 amide bonds. The third kappa shape index (κ3) is 2.37. The second kappa shape index (κ2) is 4.76. The van der Waals surface area contributed by atoms with Crippen molar-refractivity contribution in [3.63, 3.8) is 0 Å². The van der Waals surface area contributed by atoms with Crippen molar-refractivity contribution in [1.82, 2.24) is 4.98 Å². The molecule has 94 valence electrons. The lowest BCUT2D eigenvalue weighted by atomic mass is 10.1. The number of nitrogens with two attached hydrogens (primary N) is 1. The van der Waals surface area contributed by atoms with E-state index in [1.165, 1.54) is 23.3 Å². The predicted octanol–water partition coefficient (Wildman–Crippen LogP) is 4.29. The van der Waals surface area contributed by atoms with Gasteiger partial charge in [0.25, 0.3) is 0 Å². The number of aromatic nitrogens is 1. The molecule has 1 aliphatic carbocycles. The van der Waals surface area contributed by atoms with E-state index in [-0.39, 0.29) is 6.04 Å². The first-order valence-corrected chi connectivity index (χ1v) is 7.75. The Morgan fingerprint density at radius 2 is 2.00 bits per heavy atom. The Morgan fingerprint density at radius 1 is 1.33 bits per heavy atom. The van der Waals surface area contributed by atoms with Crippen LogP contribution in [0.4, 0.5) is 0 Å². The van der Waals surface area contributed by atoms with Crippen LogP contribution in [0, 0.1) is 12.8 Å². The van der Waals surface area contributed by atoms with Crippen molar-refractivity contribution in [2.75, 3.05) is 0 Å². The number of rotatable bonds is 3. The van der Waals surface area contributed by atoms with Crippen LogP contribution < -0.4 is 5.73 Å². The first kappa shape index (κ1) is 12.3. The van der Waals surface area contributed by atoms with Gasteiger partial charge in [0.2, 0.25) is 0 Å². The molecule has 18 heavy (non-hydrogen) atoms. The highest BCUT2D eigenvalue weighted by Gasteiger charge is 2.31. The van der Waals surface area contributed by atoms with Gasteiger partial charge in [-0.2, -0.15) is 0 Å². The van der Waals surface area contributed by atoms with Crippen LogP contribution in [0.25, 0.3) is 11.3 Å². The number of aryl methyl sites for hydroxylation is 1. The molecule has 1 saturated carbocycles. The minimum absolute atomic E-state index is 0.137.